The second-order valence-corrected chi connectivity index (χ2v) is 5.15. The zero-order valence-corrected chi connectivity index (χ0v) is 9.89. The maximum absolute atomic E-state index is 12.9. The largest absolute Gasteiger partial charge is 0.480 e. The van der Waals surface area contributed by atoms with Gasteiger partial charge in [-0.3, -0.25) is 9.78 Å². The van der Waals surface area contributed by atoms with E-state index in [0.29, 0.717) is 4.31 Å². The molecule has 0 spiro atoms. The zero-order valence-electron chi connectivity index (χ0n) is 9.08. The third-order valence-electron chi connectivity index (χ3n) is 1.90. The molecule has 0 unspecified atom stereocenters. The molecule has 0 aliphatic carbocycles. The van der Waals surface area contributed by atoms with Crippen molar-refractivity contribution in [2.45, 2.75) is 4.90 Å². The smallest absolute Gasteiger partial charge is 0.318 e. The summed E-state index contributed by atoms with van der Waals surface area (Å²) >= 11 is 0. The minimum atomic E-state index is -4.17. The molecule has 1 rings (SSSR count). The van der Waals surface area contributed by atoms with E-state index in [0.717, 1.165) is 18.5 Å². The minimum absolute atomic E-state index is 0.425. The molecule has 0 atom stereocenters. The van der Waals surface area contributed by atoms with Crippen molar-refractivity contribution in [2.75, 3.05) is 13.1 Å². The van der Waals surface area contributed by atoms with Crippen LogP contribution in [0.4, 0.5) is 4.39 Å². The molecule has 1 heterocycles. The van der Waals surface area contributed by atoms with Crippen molar-refractivity contribution < 1.29 is 22.7 Å². The van der Waals surface area contributed by atoms with Crippen molar-refractivity contribution in [3.63, 3.8) is 0 Å². The first-order valence-electron chi connectivity index (χ1n) is 4.64. The summed E-state index contributed by atoms with van der Waals surface area (Å²) in [5, 5.41) is 8.61. The Morgan fingerprint density at radius 1 is 1.56 bits per heavy atom. The zero-order chi connectivity index (χ0) is 13.8. The highest BCUT2D eigenvalue weighted by molar-refractivity contribution is 7.89. The van der Waals surface area contributed by atoms with Crippen molar-refractivity contribution in [1.29, 1.82) is 0 Å². The van der Waals surface area contributed by atoms with E-state index in [4.69, 9.17) is 11.5 Å². The van der Waals surface area contributed by atoms with Crippen LogP contribution in [-0.4, -0.2) is 41.9 Å². The molecule has 6 nitrogen and oxygen atoms in total. The van der Waals surface area contributed by atoms with E-state index in [1.807, 2.05) is 5.92 Å². The number of pyridine rings is 1. The molecular weight excluding hydrogens is 263 g/mol. The number of aromatic nitrogens is 1. The Balaban J connectivity index is 3.17. The van der Waals surface area contributed by atoms with Gasteiger partial charge in [0.2, 0.25) is 10.0 Å². The van der Waals surface area contributed by atoms with Gasteiger partial charge in [-0.2, -0.15) is 4.31 Å². The molecule has 0 aromatic carbocycles. The highest BCUT2D eigenvalue weighted by atomic mass is 32.2. The number of carboxylic acid groups (broad SMARTS) is 1. The fraction of sp³-hybridized carbons (Fsp3) is 0.200. The predicted molar refractivity (Wildman–Crippen MR) is 59.4 cm³/mol. The van der Waals surface area contributed by atoms with Gasteiger partial charge in [0.15, 0.2) is 0 Å². The Labute approximate surface area is 103 Å². The van der Waals surface area contributed by atoms with Crippen LogP contribution in [-0.2, 0) is 14.8 Å². The van der Waals surface area contributed by atoms with Gasteiger partial charge in [0.25, 0.3) is 0 Å². The lowest BCUT2D eigenvalue weighted by Gasteiger charge is -2.17. The second kappa shape index (κ2) is 5.57. The van der Waals surface area contributed by atoms with Crippen molar-refractivity contribution in [3.05, 3.63) is 24.3 Å². The van der Waals surface area contributed by atoms with Crippen LogP contribution < -0.4 is 0 Å². The third kappa shape index (κ3) is 3.26. The highest BCUT2D eigenvalue weighted by Gasteiger charge is 2.26. The van der Waals surface area contributed by atoms with E-state index in [1.54, 1.807) is 0 Å². The van der Waals surface area contributed by atoms with E-state index in [9.17, 15) is 17.6 Å². The van der Waals surface area contributed by atoms with Crippen LogP contribution in [0.15, 0.2) is 23.4 Å². The number of hydrogen-bond acceptors (Lipinski definition) is 4. The van der Waals surface area contributed by atoms with Gasteiger partial charge in [0.1, 0.15) is 17.3 Å². The predicted octanol–water partition coefficient (Wildman–Crippen LogP) is -0.0708. The van der Waals surface area contributed by atoms with Gasteiger partial charge in [-0.25, -0.2) is 12.8 Å². The van der Waals surface area contributed by atoms with Crippen LogP contribution in [0.25, 0.3) is 0 Å². The van der Waals surface area contributed by atoms with Crippen molar-refractivity contribution in [1.82, 2.24) is 9.29 Å². The SMILES string of the molecule is C#CCN(CC(=O)O)S(=O)(=O)c1cncc(F)c1. The van der Waals surface area contributed by atoms with E-state index in [2.05, 4.69) is 4.98 Å². The molecule has 18 heavy (non-hydrogen) atoms. The first-order chi connectivity index (χ1) is 8.37. The molecule has 0 aliphatic heterocycles. The second-order valence-electron chi connectivity index (χ2n) is 3.21. The van der Waals surface area contributed by atoms with E-state index < -0.39 is 39.8 Å². The average Bonchev–Trinajstić information content (AvgIpc) is 2.28. The fourth-order valence-electron chi connectivity index (χ4n) is 1.16. The molecule has 1 aromatic rings. The summed E-state index contributed by atoms with van der Waals surface area (Å²) in [6.45, 7) is -1.23. The lowest BCUT2D eigenvalue weighted by molar-refractivity contribution is -0.137. The minimum Gasteiger partial charge on any atom is -0.480 e. The standard InChI is InChI=1S/C10H9FN2O4S/c1-2-3-13(7-10(14)15)18(16,17)9-4-8(11)5-12-6-9/h1,4-6H,3,7H2,(H,14,15). The average molecular weight is 272 g/mol. The summed E-state index contributed by atoms with van der Waals surface area (Å²) in [7, 11) is -4.17. The van der Waals surface area contributed by atoms with E-state index >= 15 is 0 Å². The number of carbonyl (C=O) groups is 1. The first kappa shape index (κ1) is 14.1. The Morgan fingerprint density at radius 2 is 2.22 bits per heavy atom. The first-order valence-corrected chi connectivity index (χ1v) is 6.08. The summed E-state index contributed by atoms with van der Waals surface area (Å²) < 4.78 is 37.4. The number of halogens is 1. The number of sulfonamides is 1. The summed E-state index contributed by atoms with van der Waals surface area (Å²) in [6, 6.07) is 0.744. The van der Waals surface area contributed by atoms with Crippen LogP contribution in [0.3, 0.4) is 0 Å². The number of rotatable bonds is 5. The molecule has 1 aromatic heterocycles. The molecule has 0 radical (unpaired) electrons. The van der Waals surface area contributed by atoms with Crippen LogP contribution in [0, 0.1) is 18.2 Å². The molecule has 0 amide bonds. The van der Waals surface area contributed by atoms with Crippen LogP contribution in [0.1, 0.15) is 0 Å². The number of nitrogens with zero attached hydrogens (tertiary/aromatic N) is 2. The van der Waals surface area contributed by atoms with Gasteiger partial charge in [0, 0.05) is 6.20 Å². The fourth-order valence-corrected chi connectivity index (χ4v) is 2.44. The Hall–Kier alpha value is -1.98. The maximum atomic E-state index is 12.9. The van der Waals surface area contributed by atoms with Crippen LogP contribution in [0.5, 0.6) is 0 Å². The van der Waals surface area contributed by atoms with Gasteiger partial charge in [-0.15, -0.1) is 6.42 Å². The van der Waals surface area contributed by atoms with Gasteiger partial charge in [-0.05, 0) is 6.07 Å². The Kier molecular flexibility index (Phi) is 4.36. The van der Waals surface area contributed by atoms with Crippen molar-refractivity contribution >= 4 is 16.0 Å². The number of aliphatic carboxylic acids is 1. The highest BCUT2D eigenvalue weighted by Crippen LogP contribution is 2.14. The topological polar surface area (TPSA) is 87.6 Å². The normalized spacial score (nSPS) is 11.2. The lowest BCUT2D eigenvalue weighted by atomic mass is 10.5. The summed E-state index contributed by atoms with van der Waals surface area (Å²) in [5.74, 6) is -0.171. The van der Waals surface area contributed by atoms with Gasteiger partial charge >= 0.3 is 5.97 Å². The van der Waals surface area contributed by atoms with E-state index in [1.165, 1.54) is 0 Å². The lowest BCUT2D eigenvalue weighted by Crippen LogP contribution is -2.36. The molecule has 0 aliphatic rings. The monoisotopic (exact) mass is 272 g/mol. The van der Waals surface area contributed by atoms with Crippen molar-refractivity contribution in [2.24, 2.45) is 0 Å². The van der Waals surface area contributed by atoms with Crippen LogP contribution >= 0.6 is 0 Å². The molecule has 1 N–H and O–H groups in total. The Morgan fingerprint density at radius 3 is 2.72 bits per heavy atom. The Bertz CT molecular complexity index is 594. The molecular formula is C10H9FN2O4S. The maximum Gasteiger partial charge on any atom is 0.318 e. The van der Waals surface area contributed by atoms with Gasteiger partial charge < -0.3 is 5.11 Å². The summed E-state index contributed by atoms with van der Waals surface area (Å²) in [6.07, 6.45) is 6.73. The number of hydrogen-bond donors (Lipinski definition) is 1. The van der Waals surface area contributed by atoms with Gasteiger partial charge in [-0.1, -0.05) is 5.92 Å². The van der Waals surface area contributed by atoms with Gasteiger partial charge in [0.05, 0.1) is 12.7 Å². The third-order valence-corrected chi connectivity index (χ3v) is 3.65. The molecule has 96 valence electrons. The summed E-state index contributed by atoms with van der Waals surface area (Å²) in [4.78, 5) is 13.5. The summed E-state index contributed by atoms with van der Waals surface area (Å²) in [5.41, 5.74) is 0. The molecule has 0 saturated carbocycles. The van der Waals surface area contributed by atoms with Crippen molar-refractivity contribution in [3.8, 4) is 12.3 Å². The van der Waals surface area contributed by atoms with E-state index in [-0.39, 0.29) is 0 Å². The quantitative estimate of drug-likeness (QED) is 0.758. The van der Waals surface area contributed by atoms with Crippen LogP contribution in [0.2, 0.25) is 0 Å². The molecule has 0 bridgehead atoms. The molecule has 0 fully saturated rings. The molecule has 8 heteroatoms. The molecule has 0 saturated heterocycles. The number of terminal acetylenes is 1. The number of carboxylic acids is 1.